The van der Waals surface area contributed by atoms with Gasteiger partial charge in [-0.2, -0.15) is 0 Å². The van der Waals surface area contributed by atoms with E-state index in [1.54, 1.807) is 0 Å². The third kappa shape index (κ3) is 3.70. The van der Waals surface area contributed by atoms with E-state index in [1.807, 2.05) is 0 Å². The highest BCUT2D eigenvalue weighted by molar-refractivity contribution is 5.86. The van der Waals surface area contributed by atoms with Gasteiger partial charge in [-0.25, -0.2) is 0 Å². The summed E-state index contributed by atoms with van der Waals surface area (Å²) in [6.07, 6.45) is -6.00. The molecule has 1 fully saturated rings. The zero-order valence-electron chi connectivity index (χ0n) is 15.7. The molecule has 1 aliphatic rings. The number of phenolic OH excluding ortho intramolecular Hbond substituents is 4. The summed E-state index contributed by atoms with van der Waals surface area (Å²) in [4.78, 5) is 12.5. The average Bonchev–Trinajstić information content (AvgIpc) is 2.70. The molecule has 2 aromatic carbocycles. The van der Waals surface area contributed by atoms with Crippen LogP contribution < -0.4 is 10.2 Å². The maximum absolute atomic E-state index is 12.5. The van der Waals surface area contributed by atoms with Crippen molar-refractivity contribution in [3.63, 3.8) is 0 Å². The predicted molar refractivity (Wildman–Crippen MR) is 103 cm³/mol. The molecule has 7 N–H and O–H groups in total. The van der Waals surface area contributed by atoms with Crippen molar-refractivity contribution in [3.05, 3.63) is 40.6 Å². The van der Waals surface area contributed by atoms with E-state index in [0.29, 0.717) is 0 Å². The number of hydrogen-bond acceptors (Lipinski definition) is 11. The van der Waals surface area contributed by atoms with Crippen LogP contribution in [0.4, 0.5) is 0 Å². The van der Waals surface area contributed by atoms with Crippen LogP contribution in [0.1, 0.15) is 0 Å². The third-order valence-corrected chi connectivity index (χ3v) is 4.83. The lowest BCUT2D eigenvalue weighted by Gasteiger charge is -2.35. The number of phenols is 4. The molecule has 0 spiro atoms. The normalized spacial score (nSPS) is 23.7. The Hall–Kier alpha value is -3.51. The molecule has 11 nitrogen and oxygen atoms in total. The van der Waals surface area contributed by atoms with Crippen LogP contribution in [-0.2, 0) is 4.74 Å². The highest BCUT2D eigenvalue weighted by Gasteiger charge is 2.39. The summed E-state index contributed by atoms with van der Waals surface area (Å²) in [5, 5.41) is 68.7. The second kappa shape index (κ2) is 7.63. The van der Waals surface area contributed by atoms with Crippen molar-refractivity contribution in [3.8, 4) is 40.1 Å². The van der Waals surface area contributed by atoms with Crippen LogP contribution in [0.5, 0.6) is 28.7 Å². The van der Waals surface area contributed by atoms with Crippen LogP contribution in [-0.4, -0.2) is 67.0 Å². The SMILES string of the molecule is O=c1cc(-c2cc(O)c(O)cc2O[C@@H]2OC[C@@H](O)[C@H](O)C2O)oc2cc(O)cc(O)c12. The first-order valence-electron chi connectivity index (χ1n) is 9.04. The fraction of sp³-hybridized carbons (Fsp3) is 0.250. The van der Waals surface area contributed by atoms with Crippen LogP contribution in [0.25, 0.3) is 22.3 Å². The fourth-order valence-electron chi connectivity index (χ4n) is 3.24. The summed E-state index contributed by atoms with van der Waals surface area (Å²) in [7, 11) is 0. The quantitative estimate of drug-likeness (QED) is 0.277. The first-order chi connectivity index (χ1) is 14.7. The van der Waals surface area contributed by atoms with Gasteiger partial charge < -0.3 is 49.6 Å². The van der Waals surface area contributed by atoms with Crippen LogP contribution in [0, 0.1) is 0 Å². The molecule has 0 saturated carbocycles. The van der Waals surface area contributed by atoms with Crippen molar-refractivity contribution >= 4 is 11.0 Å². The van der Waals surface area contributed by atoms with E-state index in [0.717, 1.165) is 30.3 Å². The molecule has 1 aliphatic heterocycles. The lowest BCUT2D eigenvalue weighted by molar-refractivity contribution is -0.241. The molecule has 31 heavy (non-hydrogen) atoms. The minimum Gasteiger partial charge on any atom is -0.508 e. The molecule has 0 amide bonds. The van der Waals surface area contributed by atoms with E-state index >= 15 is 0 Å². The van der Waals surface area contributed by atoms with E-state index < -0.39 is 47.3 Å². The van der Waals surface area contributed by atoms with E-state index in [9.17, 15) is 40.5 Å². The second-order valence-corrected chi connectivity index (χ2v) is 7.02. The van der Waals surface area contributed by atoms with Gasteiger partial charge in [0.1, 0.15) is 52.3 Å². The summed E-state index contributed by atoms with van der Waals surface area (Å²) in [6.45, 7) is -0.341. The first kappa shape index (κ1) is 20.8. The monoisotopic (exact) mass is 434 g/mol. The number of aromatic hydroxyl groups is 4. The smallest absolute Gasteiger partial charge is 0.228 e. The maximum atomic E-state index is 12.5. The Morgan fingerprint density at radius 2 is 1.58 bits per heavy atom. The van der Waals surface area contributed by atoms with Crippen molar-refractivity contribution in [2.45, 2.75) is 24.6 Å². The Balaban J connectivity index is 1.82. The van der Waals surface area contributed by atoms with Crippen LogP contribution in [0.2, 0.25) is 0 Å². The number of aliphatic hydroxyl groups excluding tert-OH is 3. The number of hydrogen-bond donors (Lipinski definition) is 7. The summed E-state index contributed by atoms with van der Waals surface area (Å²) in [5.74, 6) is -2.39. The molecular formula is C20H18O11. The van der Waals surface area contributed by atoms with Crippen LogP contribution in [0.15, 0.2) is 39.5 Å². The Labute approximate surface area is 173 Å². The lowest BCUT2D eigenvalue weighted by Crippen LogP contribution is -2.54. The van der Waals surface area contributed by atoms with E-state index in [4.69, 9.17) is 13.9 Å². The molecule has 1 unspecified atom stereocenters. The number of rotatable bonds is 3. The topological polar surface area (TPSA) is 190 Å². The number of ether oxygens (including phenoxy) is 2. The van der Waals surface area contributed by atoms with Gasteiger partial charge in [-0.05, 0) is 6.07 Å². The molecule has 3 aromatic rings. The summed E-state index contributed by atoms with van der Waals surface area (Å²) in [6, 6.07) is 5.07. The van der Waals surface area contributed by atoms with E-state index in [2.05, 4.69) is 0 Å². The lowest BCUT2D eigenvalue weighted by atomic mass is 10.1. The second-order valence-electron chi connectivity index (χ2n) is 7.02. The largest absolute Gasteiger partial charge is 0.508 e. The molecule has 164 valence electrons. The highest BCUT2D eigenvalue weighted by Crippen LogP contribution is 2.41. The minimum atomic E-state index is -1.65. The van der Waals surface area contributed by atoms with Crippen LogP contribution in [0.3, 0.4) is 0 Å². The van der Waals surface area contributed by atoms with Gasteiger partial charge in [-0.3, -0.25) is 4.79 Å². The zero-order valence-corrected chi connectivity index (χ0v) is 15.7. The molecular weight excluding hydrogens is 416 g/mol. The maximum Gasteiger partial charge on any atom is 0.228 e. The molecule has 4 rings (SSSR count). The van der Waals surface area contributed by atoms with Crippen molar-refractivity contribution in [2.24, 2.45) is 0 Å². The molecule has 0 bridgehead atoms. The number of benzene rings is 2. The van der Waals surface area contributed by atoms with Crippen molar-refractivity contribution in [2.75, 3.05) is 6.61 Å². The standard InChI is InChI=1S/C20H18O11/c21-7-1-11(24)17-12(25)5-14(30-16(17)2-7)8-3-9(22)10(23)4-15(8)31-20-19(28)18(27)13(26)6-29-20/h1-5,13,18-24,26-28H,6H2/t13-,18+,19?,20+/m1/s1. The molecule has 0 aliphatic carbocycles. The Morgan fingerprint density at radius 3 is 2.32 bits per heavy atom. The predicted octanol–water partition coefficient (Wildman–Crippen LogP) is 0.100. The van der Waals surface area contributed by atoms with Gasteiger partial charge in [0.25, 0.3) is 0 Å². The van der Waals surface area contributed by atoms with Gasteiger partial charge in [0.2, 0.25) is 6.29 Å². The minimum absolute atomic E-state index is 0.0476. The highest BCUT2D eigenvalue weighted by atomic mass is 16.7. The number of fused-ring (bicyclic) bond motifs is 1. The fourth-order valence-corrected chi connectivity index (χ4v) is 3.24. The van der Waals surface area contributed by atoms with Gasteiger partial charge in [-0.15, -0.1) is 0 Å². The number of aliphatic hydroxyl groups is 3. The van der Waals surface area contributed by atoms with Gasteiger partial charge in [0, 0.05) is 24.3 Å². The molecule has 2 heterocycles. The van der Waals surface area contributed by atoms with Crippen molar-refractivity contribution in [1.82, 2.24) is 0 Å². The Bertz CT molecular complexity index is 1200. The van der Waals surface area contributed by atoms with Gasteiger partial charge in [0.15, 0.2) is 16.9 Å². The molecule has 0 radical (unpaired) electrons. The zero-order chi connectivity index (χ0) is 22.4. The van der Waals surface area contributed by atoms with Crippen LogP contribution >= 0.6 is 0 Å². The summed E-state index contributed by atoms with van der Waals surface area (Å²) in [5.41, 5.74) is -0.876. The summed E-state index contributed by atoms with van der Waals surface area (Å²) < 4.78 is 16.3. The Kier molecular flexibility index (Phi) is 5.11. The molecule has 11 heteroatoms. The van der Waals surface area contributed by atoms with E-state index in [-0.39, 0.29) is 40.4 Å². The van der Waals surface area contributed by atoms with E-state index in [1.165, 1.54) is 0 Å². The van der Waals surface area contributed by atoms with Crippen molar-refractivity contribution in [1.29, 1.82) is 0 Å². The summed E-state index contributed by atoms with van der Waals surface area (Å²) >= 11 is 0. The van der Waals surface area contributed by atoms with Gasteiger partial charge in [-0.1, -0.05) is 0 Å². The first-order valence-corrected chi connectivity index (χ1v) is 9.04. The molecule has 1 saturated heterocycles. The third-order valence-electron chi connectivity index (χ3n) is 4.83. The van der Waals surface area contributed by atoms with Gasteiger partial charge >= 0.3 is 0 Å². The van der Waals surface area contributed by atoms with Gasteiger partial charge in [0.05, 0.1) is 12.2 Å². The molecule has 4 atom stereocenters. The molecule has 1 aromatic heterocycles. The Morgan fingerprint density at radius 1 is 0.871 bits per heavy atom. The average molecular weight is 434 g/mol. The van der Waals surface area contributed by atoms with Crippen molar-refractivity contribution < 1.29 is 49.6 Å².